The molecule has 0 bridgehead atoms. The molecule has 142 valence electrons. The van der Waals surface area contributed by atoms with E-state index in [1.165, 1.54) is 11.3 Å². The van der Waals surface area contributed by atoms with Crippen molar-refractivity contribution in [3.05, 3.63) is 41.3 Å². The van der Waals surface area contributed by atoms with E-state index in [1.54, 1.807) is 13.2 Å². The minimum absolute atomic E-state index is 0.385. The van der Waals surface area contributed by atoms with Crippen molar-refractivity contribution in [2.75, 3.05) is 51.3 Å². The van der Waals surface area contributed by atoms with Crippen LogP contribution >= 0.6 is 11.3 Å². The summed E-state index contributed by atoms with van der Waals surface area (Å²) in [5, 5.41) is 0. The molecule has 0 aliphatic carbocycles. The minimum Gasteiger partial charge on any atom is -0.495 e. The first-order chi connectivity index (χ1) is 12.5. The second-order valence-electron chi connectivity index (χ2n) is 6.26. The Kier molecular flexibility index (Phi) is 6.18. The lowest BCUT2D eigenvalue weighted by molar-refractivity contribution is 0.261. The number of hydrogen-bond donors (Lipinski definition) is 1. The summed E-state index contributed by atoms with van der Waals surface area (Å²) < 4.78 is 33.0. The number of para-hydroxylation sites is 2. The lowest BCUT2D eigenvalue weighted by atomic mass is 10.2. The zero-order valence-corrected chi connectivity index (χ0v) is 16.8. The Bertz CT molecular complexity index is 828. The molecule has 26 heavy (non-hydrogen) atoms. The zero-order chi connectivity index (χ0) is 18.6. The molecule has 0 unspecified atom stereocenters. The van der Waals surface area contributed by atoms with Crippen LogP contribution in [0, 0.1) is 6.92 Å². The van der Waals surface area contributed by atoms with Gasteiger partial charge in [-0.05, 0) is 31.2 Å². The number of aryl methyl sites for hydroxylation is 1. The van der Waals surface area contributed by atoms with Crippen LogP contribution < -0.4 is 14.4 Å². The summed E-state index contributed by atoms with van der Waals surface area (Å²) in [7, 11) is -1.70. The Morgan fingerprint density at radius 3 is 2.50 bits per heavy atom. The SMILES string of the molecule is COc1ccccc1N1CCN(CCNS(=O)(=O)c2ccc(C)s2)CC1. The molecule has 2 heterocycles. The van der Waals surface area contributed by atoms with Crippen LogP contribution in [0.25, 0.3) is 0 Å². The molecule has 1 aromatic heterocycles. The molecule has 6 nitrogen and oxygen atoms in total. The van der Waals surface area contributed by atoms with Crippen molar-refractivity contribution >= 4 is 27.0 Å². The van der Waals surface area contributed by atoms with Gasteiger partial charge in [0, 0.05) is 44.1 Å². The number of hydrogen-bond acceptors (Lipinski definition) is 6. The molecule has 1 aromatic carbocycles. The van der Waals surface area contributed by atoms with Crippen LogP contribution in [0.1, 0.15) is 4.88 Å². The van der Waals surface area contributed by atoms with Gasteiger partial charge in [-0.25, -0.2) is 13.1 Å². The molecule has 0 amide bonds. The number of nitrogens with one attached hydrogen (secondary N) is 1. The van der Waals surface area contributed by atoms with E-state index in [0.717, 1.165) is 42.5 Å². The van der Waals surface area contributed by atoms with Crippen LogP contribution in [-0.2, 0) is 10.0 Å². The number of piperazine rings is 1. The molecule has 0 saturated carbocycles. The van der Waals surface area contributed by atoms with Gasteiger partial charge >= 0.3 is 0 Å². The maximum absolute atomic E-state index is 12.3. The third-order valence-corrected chi connectivity index (χ3v) is 7.45. The lowest BCUT2D eigenvalue weighted by Crippen LogP contribution is -2.48. The third-order valence-electron chi connectivity index (χ3n) is 4.50. The minimum atomic E-state index is -3.39. The third kappa shape index (κ3) is 4.56. The largest absolute Gasteiger partial charge is 0.495 e. The van der Waals surface area contributed by atoms with Crippen molar-refractivity contribution in [1.29, 1.82) is 0 Å². The van der Waals surface area contributed by atoms with Crippen molar-refractivity contribution in [2.45, 2.75) is 11.1 Å². The molecule has 3 rings (SSSR count). The molecule has 1 saturated heterocycles. The van der Waals surface area contributed by atoms with Gasteiger partial charge in [-0.3, -0.25) is 4.90 Å². The van der Waals surface area contributed by atoms with Gasteiger partial charge in [0.15, 0.2) is 0 Å². The van der Waals surface area contributed by atoms with Crippen molar-refractivity contribution in [2.24, 2.45) is 0 Å². The van der Waals surface area contributed by atoms with Gasteiger partial charge < -0.3 is 9.64 Å². The monoisotopic (exact) mass is 395 g/mol. The van der Waals surface area contributed by atoms with Gasteiger partial charge in [0.2, 0.25) is 10.0 Å². The van der Waals surface area contributed by atoms with Crippen molar-refractivity contribution < 1.29 is 13.2 Å². The zero-order valence-electron chi connectivity index (χ0n) is 15.1. The number of anilines is 1. The maximum atomic E-state index is 12.3. The lowest BCUT2D eigenvalue weighted by Gasteiger charge is -2.36. The molecule has 1 aliphatic rings. The van der Waals surface area contributed by atoms with Crippen molar-refractivity contribution in [3.8, 4) is 5.75 Å². The molecule has 0 atom stereocenters. The smallest absolute Gasteiger partial charge is 0.250 e. The van der Waals surface area contributed by atoms with Crippen LogP contribution in [0.3, 0.4) is 0 Å². The van der Waals surface area contributed by atoms with Gasteiger partial charge in [0.25, 0.3) is 0 Å². The van der Waals surface area contributed by atoms with E-state index in [4.69, 9.17) is 4.74 Å². The number of sulfonamides is 1. The fourth-order valence-electron chi connectivity index (χ4n) is 3.07. The number of nitrogens with zero attached hydrogens (tertiary/aromatic N) is 2. The second-order valence-corrected chi connectivity index (χ2v) is 9.55. The highest BCUT2D eigenvalue weighted by Gasteiger charge is 2.20. The van der Waals surface area contributed by atoms with Crippen LogP contribution in [-0.4, -0.2) is 59.7 Å². The number of methoxy groups -OCH3 is 1. The average Bonchev–Trinajstić information content (AvgIpc) is 3.09. The summed E-state index contributed by atoms with van der Waals surface area (Å²) in [5.74, 6) is 0.889. The summed E-state index contributed by atoms with van der Waals surface area (Å²) in [6.07, 6.45) is 0. The molecular weight excluding hydrogens is 370 g/mol. The number of rotatable bonds is 7. The van der Waals surface area contributed by atoms with E-state index >= 15 is 0 Å². The molecule has 0 spiro atoms. The standard InChI is InChI=1S/C18H25N3O3S2/c1-15-7-8-18(25-15)26(22,23)19-9-10-20-11-13-21(14-12-20)16-5-3-4-6-17(16)24-2/h3-8,19H,9-14H2,1-2H3. The van der Waals surface area contributed by atoms with Crippen LogP contribution in [0.2, 0.25) is 0 Å². The molecule has 1 N–H and O–H groups in total. The molecule has 2 aromatic rings. The molecule has 0 radical (unpaired) electrons. The van der Waals surface area contributed by atoms with Crippen molar-refractivity contribution in [3.63, 3.8) is 0 Å². The van der Waals surface area contributed by atoms with Gasteiger partial charge in [-0.2, -0.15) is 0 Å². The summed E-state index contributed by atoms with van der Waals surface area (Å²) in [4.78, 5) is 5.60. The van der Waals surface area contributed by atoms with Gasteiger partial charge in [0.1, 0.15) is 9.96 Å². The maximum Gasteiger partial charge on any atom is 0.250 e. The highest BCUT2D eigenvalue weighted by Crippen LogP contribution is 2.28. The molecular formula is C18H25N3O3S2. The van der Waals surface area contributed by atoms with Crippen LogP contribution in [0.15, 0.2) is 40.6 Å². The Morgan fingerprint density at radius 2 is 1.85 bits per heavy atom. The average molecular weight is 396 g/mol. The van der Waals surface area contributed by atoms with E-state index in [2.05, 4.69) is 20.6 Å². The quantitative estimate of drug-likeness (QED) is 0.779. The van der Waals surface area contributed by atoms with E-state index in [1.807, 2.05) is 31.2 Å². The Morgan fingerprint density at radius 1 is 1.12 bits per heavy atom. The Hall–Kier alpha value is -1.61. The van der Waals surface area contributed by atoms with E-state index in [0.29, 0.717) is 17.3 Å². The highest BCUT2D eigenvalue weighted by atomic mass is 32.2. The Balaban J connectivity index is 1.47. The first-order valence-corrected chi connectivity index (χ1v) is 11.0. The van der Waals surface area contributed by atoms with Gasteiger partial charge in [-0.15, -0.1) is 11.3 Å². The molecule has 1 fully saturated rings. The predicted octanol–water partition coefficient (Wildman–Crippen LogP) is 2.17. The summed E-state index contributed by atoms with van der Waals surface area (Å²) >= 11 is 1.30. The fourth-order valence-corrected chi connectivity index (χ4v) is 5.42. The normalized spacial score (nSPS) is 16.0. The molecule has 1 aliphatic heterocycles. The number of ether oxygens (including phenoxy) is 1. The fraction of sp³-hybridized carbons (Fsp3) is 0.444. The summed E-state index contributed by atoms with van der Waals surface area (Å²) in [6.45, 7) is 6.65. The number of thiophene rings is 1. The summed E-state index contributed by atoms with van der Waals surface area (Å²) in [5.41, 5.74) is 1.11. The van der Waals surface area contributed by atoms with Crippen LogP contribution in [0.4, 0.5) is 5.69 Å². The van der Waals surface area contributed by atoms with Gasteiger partial charge in [-0.1, -0.05) is 12.1 Å². The Labute approximate surface area is 159 Å². The second kappa shape index (κ2) is 8.39. The molecule has 8 heteroatoms. The van der Waals surface area contributed by atoms with Crippen molar-refractivity contribution in [1.82, 2.24) is 9.62 Å². The van der Waals surface area contributed by atoms with E-state index < -0.39 is 10.0 Å². The summed E-state index contributed by atoms with van der Waals surface area (Å²) in [6, 6.07) is 11.5. The predicted molar refractivity (Wildman–Crippen MR) is 106 cm³/mol. The highest BCUT2D eigenvalue weighted by molar-refractivity contribution is 7.91. The first-order valence-electron chi connectivity index (χ1n) is 8.66. The first kappa shape index (κ1) is 19.2. The number of benzene rings is 1. The van der Waals surface area contributed by atoms with Gasteiger partial charge in [0.05, 0.1) is 12.8 Å². The van der Waals surface area contributed by atoms with E-state index in [9.17, 15) is 8.42 Å². The van der Waals surface area contributed by atoms with E-state index in [-0.39, 0.29) is 0 Å². The van der Waals surface area contributed by atoms with Crippen LogP contribution in [0.5, 0.6) is 5.75 Å². The topological polar surface area (TPSA) is 61.9 Å².